The molecule has 1 fully saturated rings. The first-order chi connectivity index (χ1) is 13.1. The molecule has 0 unspecified atom stereocenters. The molecule has 0 saturated carbocycles. The fraction of sp³-hybridized carbons (Fsp3) is 0.524. The van der Waals surface area contributed by atoms with Crippen molar-refractivity contribution >= 4 is 17.3 Å². The molecule has 3 aliphatic rings. The van der Waals surface area contributed by atoms with E-state index in [0.717, 1.165) is 61.2 Å². The maximum Gasteiger partial charge on any atom is 0.156 e. The Balaban J connectivity index is 1.41. The molecule has 0 radical (unpaired) electrons. The van der Waals surface area contributed by atoms with Crippen LogP contribution >= 0.6 is 0 Å². The van der Waals surface area contributed by atoms with Crippen LogP contribution in [0, 0.1) is 5.41 Å². The summed E-state index contributed by atoms with van der Waals surface area (Å²) in [6.45, 7) is 8.39. The van der Waals surface area contributed by atoms with Crippen LogP contribution in [0.15, 0.2) is 29.5 Å². The maximum atomic E-state index is 4.93. The van der Waals surface area contributed by atoms with E-state index in [4.69, 9.17) is 15.0 Å². The van der Waals surface area contributed by atoms with Gasteiger partial charge in [0.2, 0.25) is 0 Å². The number of nitrogens with zero attached hydrogens (tertiary/aromatic N) is 6. The van der Waals surface area contributed by atoms with Gasteiger partial charge in [0, 0.05) is 25.8 Å². The van der Waals surface area contributed by atoms with Crippen molar-refractivity contribution in [2.24, 2.45) is 10.4 Å². The second kappa shape index (κ2) is 6.29. The Kier molecular flexibility index (Phi) is 3.88. The average Bonchev–Trinajstić information content (AvgIpc) is 3.10. The summed E-state index contributed by atoms with van der Waals surface area (Å²) in [5.41, 5.74) is 4.70. The van der Waals surface area contributed by atoms with Crippen molar-refractivity contribution in [3.05, 3.63) is 41.6 Å². The molecule has 0 aromatic carbocycles. The topological polar surface area (TPSA) is 57.5 Å². The molecule has 140 valence electrons. The number of fused-ring (bicyclic) bond motifs is 2. The summed E-state index contributed by atoms with van der Waals surface area (Å²) in [6, 6.07) is 4.14. The molecular weight excluding hydrogens is 336 g/mol. The lowest BCUT2D eigenvalue weighted by Crippen LogP contribution is -2.38. The summed E-state index contributed by atoms with van der Waals surface area (Å²) in [7, 11) is 0. The van der Waals surface area contributed by atoms with Crippen LogP contribution in [-0.4, -0.2) is 40.4 Å². The molecule has 2 aromatic rings. The SMILES string of the molecule is CC1(C)CCN(c2cnc3c(n2)CN=C3N2CCCc3ncccc32)CC1. The Labute approximate surface area is 160 Å². The Hall–Kier alpha value is -2.50. The van der Waals surface area contributed by atoms with Gasteiger partial charge in [-0.3, -0.25) is 9.98 Å². The lowest BCUT2D eigenvalue weighted by molar-refractivity contribution is 0.279. The molecule has 2 aromatic heterocycles. The number of aryl methyl sites for hydroxylation is 1. The largest absolute Gasteiger partial charge is 0.355 e. The average molecular weight is 362 g/mol. The van der Waals surface area contributed by atoms with E-state index < -0.39 is 0 Å². The van der Waals surface area contributed by atoms with Crippen LogP contribution < -0.4 is 9.80 Å². The third-order valence-electron chi connectivity index (χ3n) is 6.07. The highest BCUT2D eigenvalue weighted by atomic mass is 15.3. The standard InChI is InChI=1S/C21H26N6/c1-21(2)7-11-26(12-8-21)18-14-23-19-16(25-18)13-24-20(19)27-10-4-5-15-17(27)6-3-9-22-15/h3,6,9,14H,4-5,7-8,10-13H2,1-2H3. The van der Waals surface area contributed by atoms with Crippen molar-refractivity contribution in [1.29, 1.82) is 0 Å². The summed E-state index contributed by atoms with van der Waals surface area (Å²) >= 11 is 0. The molecule has 0 spiro atoms. The predicted octanol–water partition coefficient (Wildman–Crippen LogP) is 3.21. The van der Waals surface area contributed by atoms with Crippen LogP contribution in [0.2, 0.25) is 0 Å². The van der Waals surface area contributed by atoms with E-state index >= 15 is 0 Å². The monoisotopic (exact) mass is 362 g/mol. The van der Waals surface area contributed by atoms with Crippen LogP contribution in [0.1, 0.15) is 50.2 Å². The van der Waals surface area contributed by atoms with Gasteiger partial charge in [0.05, 0.1) is 29.8 Å². The van der Waals surface area contributed by atoms with Crippen LogP contribution in [-0.2, 0) is 13.0 Å². The maximum absolute atomic E-state index is 4.93. The zero-order valence-electron chi connectivity index (χ0n) is 16.1. The van der Waals surface area contributed by atoms with Crippen LogP contribution in [0.5, 0.6) is 0 Å². The molecule has 0 aliphatic carbocycles. The van der Waals surface area contributed by atoms with Crippen molar-refractivity contribution in [3.63, 3.8) is 0 Å². The first-order valence-electron chi connectivity index (χ1n) is 9.98. The minimum Gasteiger partial charge on any atom is -0.355 e. The second-order valence-corrected chi connectivity index (χ2v) is 8.54. The normalized spacial score (nSPS) is 20.9. The Morgan fingerprint density at radius 1 is 1.04 bits per heavy atom. The zero-order valence-corrected chi connectivity index (χ0v) is 16.1. The van der Waals surface area contributed by atoms with Crippen LogP contribution in [0.4, 0.5) is 11.5 Å². The lowest BCUT2D eigenvalue weighted by Gasteiger charge is -2.37. The van der Waals surface area contributed by atoms with Gasteiger partial charge < -0.3 is 9.80 Å². The van der Waals surface area contributed by atoms with Gasteiger partial charge in [-0.2, -0.15) is 0 Å². The summed E-state index contributed by atoms with van der Waals surface area (Å²) in [4.78, 5) is 23.7. The van der Waals surface area contributed by atoms with Crippen LogP contribution in [0.3, 0.4) is 0 Å². The third-order valence-corrected chi connectivity index (χ3v) is 6.07. The van der Waals surface area contributed by atoms with E-state index in [0.29, 0.717) is 12.0 Å². The third kappa shape index (κ3) is 2.97. The minimum absolute atomic E-state index is 0.437. The molecule has 5 rings (SSSR count). The van der Waals surface area contributed by atoms with Crippen molar-refractivity contribution in [1.82, 2.24) is 15.0 Å². The number of pyridine rings is 1. The Morgan fingerprint density at radius 2 is 1.89 bits per heavy atom. The van der Waals surface area contributed by atoms with Gasteiger partial charge in [0.15, 0.2) is 5.84 Å². The molecule has 0 amide bonds. The van der Waals surface area contributed by atoms with E-state index in [1.165, 1.54) is 18.5 Å². The van der Waals surface area contributed by atoms with Gasteiger partial charge in [-0.05, 0) is 43.2 Å². The van der Waals surface area contributed by atoms with E-state index in [1.54, 1.807) is 0 Å². The number of hydrogen-bond acceptors (Lipinski definition) is 6. The molecule has 0 N–H and O–H groups in total. The highest BCUT2D eigenvalue weighted by molar-refractivity contribution is 6.11. The zero-order chi connectivity index (χ0) is 18.4. The number of piperidine rings is 1. The molecule has 27 heavy (non-hydrogen) atoms. The van der Waals surface area contributed by atoms with E-state index in [-0.39, 0.29) is 0 Å². The molecular formula is C21H26N6. The lowest BCUT2D eigenvalue weighted by atomic mass is 9.83. The smallest absolute Gasteiger partial charge is 0.156 e. The van der Waals surface area contributed by atoms with E-state index in [1.807, 2.05) is 18.5 Å². The number of anilines is 2. The molecule has 0 atom stereocenters. The van der Waals surface area contributed by atoms with Gasteiger partial charge in [-0.25, -0.2) is 9.97 Å². The highest BCUT2D eigenvalue weighted by Crippen LogP contribution is 2.33. The number of amidine groups is 1. The van der Waals surface area contributed by atoms with Crippen molar-refractivity contribution in [2.45, 2.75) is 46.1 Å². The Bertz CT molecular complexity index is 893. The second-order valence-electron chi connectivity index (χ2n) is 8.54. The number of aliphatic imine (C=N–C) groups is 1. The molecule has 0 bridgehead atoms. The first kappa shape index (κ1) is 16.7. The highest BCUT2D eigenvalue weighted by Gasteiger charge is 2.30. The summed E-state index contributed by atoms with van der Waals surface area (Å²) in [5, 5.41) is 0. The molecule has 6 heteroatoms. The summed E-state index contributed by atoms with van der Waals surface area (Å²) in [6.07, 6.45) is 8.33. The quantitative estimate of drug-likeness (QED) is 0.780. The Morgan fingerprint density at radius 3 is 2.74 bits per heavy atom. The van der Waals surface area contributed by atoms with E-state index in [9.17, 15) is 0 Å². The fourth-order valence-corrected chi connectivity index (χ4v) is 4.26. The van der Waals surface area contributed by atoms with Gasteiger partial charge >= 0.3 is 0 Å². The summed E-state index contributed by atoms with van der Waals surface area (Å²) < 4.78 is 0. The van der Waals surface area contributed by atoms with Crippen molar-refractivity contribution in [3.8, 4) is 0 Å². The number of hydrogen-bond donors (Lipinski definition) is 0. The van der Waals surface area contributed by atoms with Crippen molar-refractivity contribution < 1.29 is 0 Å². The first-order valence-corrected chi connectivity index (χ1v) is 9.98. The van der Waals surface area contributed by atoms with Crippen molar-refractivity contribution in [2.75, 3.05) is 29.4 Å². The predicted molar refractivity (Wildman–Crippen MR) is 107 cm³/mol. The van der Waals surface area contributed by atoms with Gasteiger partial charge in [-0.1, -0.05) is 13.8 Å². The van der Waals surface area contributed by atoms with Gasteiger partial charge in [0.1, 0.15) is 11.5 Å². The summed E-state index contributed by atoms with van der Waals surface area (Å²) in [5.74, 6) is 1.96. The molecule has 1 saturated heterocycles. The van der Waals surface area contributed by atoms with Crippen LogP contribution in [0.25, 0.3) is 0 Å². The number of rotatable bonds is 1. The van der Waals surface area contributed by atoms with Gasteiger partial charge in [-0.15, -0.1) is 0 Å². The number of aromatic nitrogens is 3. The minimum atomic E-state index is 0.437. The molecule has 5 heterocycles. The molecule has 3 aliphatic heterocycles. The molecule has 6 nitrogen and oxygen atoms in total. The van der Waals surface area contributed by atoms with Gasteiger partial charge in [0.25, 0.3) is 0 Å². The fourth-order valence-electron chi connectivity index (χ4n) is 4.26. The van der Waals surface area contributed by atoms with E-state index in [2.05, 4.69) is 34.7 Å².